The largest absolute Gasteiger partial charge is 0.349 e. The highest BCUT2D eigenvalue weighted by atomic mass is 16.2. The van der Waals surface area contributed by atoms with E-state index in [2.05, 4.69) is 22.8 Å². The van der Waals surface area contributed by atoms with Crippen molar-refractivity contribution in [1.82, 2.24) is 15.5 Å². The molecule has 2 aliphatic heterocycles. The minimum atomic E-state index is -0.0639. The second-order valence-corrected chi connectivity index (χ2v) is 8.47. The van der Waals surface area contributed by atoms with Crippen molar-refractivity contribution >= 4 is 11.8 Å². The maximum absolute atomic E-state index is 12.7. The highest BCUT2D eigenvalue weighted by Crippen LogP contribution is 2.28. The third-order valence-corrected chi connectivity index (χ3v) is 6.40. The first-order valence-corrected chi connectivity index (χ1v) is 10.8. The van der Waals surface area contributed by atoms with Gasteiger partial charge >= 0.3 is 0 Å². The van der Waals surface area contributed by atoms with Crippen LogP contribution in [0.1, 0.15) is 56.1 Å². The van der Waals surface area contributed by atoms with E-state index in [1.165, 1.54) is 43.2 Å². The van der Waals surface area contributed by atoms with Gasteiger partial charge in [-0.25, -0.2) is 0 Å². The van der Waals surface area contributed by atoms with Crippen LogP contribution in [0.5, 0.6) is 0 Å². The predicted molar refractivity (Wildman–Crippen MR) is 109 cm³/mol. The summed E-state index contributed by atoms with van der Waals surface area (Å²) in [5.41, 5.74) is 2.46. The van der Waals surface area contributed by atoms with Gasteiger partial charge in [0.2, 0.25) is 11.8 Å². The van der Waals surface area contributed by atoms with Gasteiger partial charge in [-0.2, -0.15) is 0 Å². The Bertz CT molecular complexity index is 710. The first-order chi connectivity index (χ1) is 13.7. The number of nitrogens with one attached hydrogen (secondary N) is 2. The van der Waals surface area contributed by atoms with Crippen molar-refractivity contribution < 1.29 is 9.59 Å². The SMILES string of the molecule is O=C(N[C@H](/C=C/C(=O)N1Cc2ccccc2C1)CC1CCCCC1)C1CCN1. The summed E-state index contributed by atoms with van der Waals surface area (Å²) in [7, 11) is 0. The molecule has 1 aliphatic carbocycles. The number of carbonyl (C=O) groups excluding carboxylic acids is 2. The van der Waals surface area contributed by atoms with Crippen LogP contribution in [-0.4, -0.2) is 35.3 Å². The molecule has 1 aromatic carbocycles. The van der Waals surface area contributed by atoms with Gasteiger partial charge in [-0.1, -0.05) is 62.4 Å². The molecule has 3 aliphatic rings. The van der Waals surface area contributed by atoms with Gasteiger partial charge in [0.15, 0.2) is 0 Å². The zero-order valence-corrected chi connectivity index (χ0v) is 16.5. The summed E-state index contributed by atoms with van der Waals surface area (Å²) in [6.07, 6.45) is 11.8. The lowest BCUT2D eigenvalue weighted by molar-refractivity contribution is -0.127. The summed E-state index contributed by atoms with van der Waals surface area (Å²) in [6.45, 7) is 2.26. The van der Waals surface area contributed by atoms with Gasteiger partial charge in [-0.05, 0) is 36.4 Å². The lowest BCUT2D eigenvalue weighted by atomic mass is 9.84. The van der Waals surface area contributed by atoms with Crippen molar-refractivity contribution in [2.75, 3.05) is 6.54 Å². The molecule has 2 atom stereocenters. The standard InChI is InChI=1S/C23H31N3O2/c27-22(26-15-18-8-4-5-9-19(18)16-26)11-10-20(14-17-6-2-1-3-7-17)25-23(28)21-12-13-24-21/h4-5,8-11,17,20-21,24H,1-3,6-7,12-16H2,(H,25,28)/b11-10+/t20-,21?/m1/s1. The molecule has 0 aromatic heterocycles. The van der Waals surface area contributed by atoms with E-state index in [0.29, 0.717) is 19.0 Å². The number of fused-ring (bicyclic) bond motifs is 1. The molecule has 1 aromatic rings. The summed E-state index contributed by atoms with van der Waals surface area (Å²) in [4.78, 5) is 27.0. The summed E-state index contributed by atoms with van der Waals surface area (Å²) < 4.78 is 0. The van der Waals surface area contributed by atoms with Crippen LogP contribution in [0.25, 0.3) is 0 Å². The highest BCUT2D eigenvalue weighted by Gasteiger charge is 2.27. The lowest BCUT2D eigenvalue weighted by Crippen LogP contribution is -2.55. The Labute approximate surface area is 167 Å². The van der Waals surface area contributed by atoms with Crippen molar-refractivity contribution in [2.45, 2.75) is 70.1 Å². The molecule has 5 nitrogen and oxygen atoms in total. The number of hydrogen-bond donors (Lipinski definition) is 2. The average Bonchev–Trinajstić information content (AvgIpc) is 3.09. The summed E-state index contributed by atoms with van der Waals surface area (Å²) >= 11 is 0. The van der Waals surface area contributed by atoms with Crippen molar-refractivity contribution in [3.05, 3.63) is 47.5 Å². The van der Waals surface area contributed by atoms with Crippen LogP contribution in [-0.2, 0) is 22.7 Å². The minimum Gasteiger partial charge on any atom is -0.349 e. The molecule has 2 N–H and O–H groups in total. The molecule has 2 fully saturated rings. The summed E-state index contributed by atoms with van der Waals surface area (Å²) in [6, 6.07) is 8.09. The molecule has 4 rings (SSSR count). The van der Waals surface area contributed by atoms with Gasteiger partial charge < -0.3 is 15.5 Å². The quantitative estimate of drug-likeness (QED) is 0.745. The van der Waals surface area contributed by atoms with Gasteiger partial charge in [0.25, 0.3) is 0 Å². The number of rotatable bonds is 6. The van der Waals surface area contributed by atoms with Gasteiger partial charge in [0.05, 0.1) is 6.04 Å². The van der Waals surface area contributed by atoms with Gasteiger partial charge in [-0.3, -0.25) is 9.59 Å². The second-order valence-electron chi connectivity index (χ2n) is 8.47. The van der Waals surface area contributed by atoms with E-state index >= 15 is 0 Å². The van der Waals surface area contributed by atoms with E-state index in [0.717, 1.165) is 19.4 Å². The molecule has 2 amide bonds. The lowest BCUT2D eigenvalue weighted by Gasteiger charge is -2.30. The fourth-order valence-electron chi connectivity index (χ4n) is 4.56. The molecule has 1 saturated carbocycles. The van der Waals surface area contributed by atoms with E-state index < -0.39 is 0 Å². The molecule has 150 valence electrons. The highest BCUT2D eigenvalue weighted by molar-refractivity contribution is 5.88. The predicted octanol–water partition coefficient (Wildman–Crippen LogP) is 2.90. The van der Waals surface area contributed by atoms with Crippen molar-refractivity contribution in [1.29, 1.82) is 0 Å². The summed E-state index contributed by atoms with van der Waals surface area (Å²) in [5, 5.41) is 6.33. The first kappa shape index (κ1) is 19.2. The van der Waals surface area contributed by atoms with Crippen molar-refractivity contribution in [3.63, 3.8) is 0 Å². The van der Waals surface area contributed by atoms with Crippen LogP contribution in [0, 0.1) is 5.92 Å². The fourth-order valence-corrected chi connectivity index (χ4v) is 4.56. The van der Waals surface area contributed by atoms with Crippen LogP contribution in [0.3, 0.4) is 0 Å². The van der Waals surface area contributed by atoms with E-state index in [1.54, 1.807) is 6.08 Å². The third kappa shape index (κ3) is 4.64. The van der Waals surface area contributed by atoms with Crippen LogP contribution >= 0.6 is 0 Å². The van der Waals surface area contributed by atoms with E-state index in [1.807, 2.05) is 23.1 Å². The Morgan fingerprint density at radius 2 is 1.79 bits per heavy atom. The van der Waals surface area contributed by atoms with E-state index in [-0.39, 0.29) is 23.9 Å². The third-order valence-electron chi connectivity index (χ3n) is 6.40. The van der Waals surface area contributed by atoms with Crippen molar-refractivity contribution in [2.24, 2.45) is 5.92 Å². The number of amides is 2. The Morgan fingerprint density at radius 3 is 2.39 bits per heavy atom. The zero-order chi connectivity index (χ0) is 19.3. The zero-order valence-electron chi connectivity index (χ0n) is 16.5. The van der Waals surface area contributed by atoms with Crippen LogP contribution in [0.2, 0.25) is 0 Å². The molecular formula is C23H31N3O2. The number of hydrogen-bond acceptors (Lipinski definition) is 3. The van der Waals surface area contributed by atoms with Crippen LogP contribution in [0.4, 0.5) is 0 Å². The fraction of sp³-hybridized carbons (Fsp3) is 0.565. The molecule has 0 spiro atoms. The van der Waals surface area contributed by atoms with Crippen molar-refractivity contribution in [3.8, 4) is 0 Å². The first-order valence-electron chi connectivity index (χ1n) is 10.8. The number of nitrogens with zero attached hydrogens (tertiary/aromatic N) is 1. The molecule has 0 radical (unpaired) electrons. The number of benzene rings is 1. The Hall–Kier alpha value is -2.14. The van der Waals surface area contributed by atoms with E-state index in [4.69, 9.17) is 0 Å². The average molecular weight is 382 g/mol. The van der Waals surface area contributed by atoms with Gasteiger partial charge in [0.1, 0.15) is 0 Å². The van der Waals surface area contributed by atoms with E-state index in [9.17, 15) is 9.59 Å². The molecule has 5 heteroatoms. The molecule has 1 unspecified atom stereocenters. The van der Waals surface area contributed by atoms with Gasteiger partial charge in [-0.15, -0.1) is 0 Å². The van der Waals surface area contributed by atoms with Gasteiger partial charge in [0, 0.05) is 25.2 Å². The number of carbonyl (C=O) groups is 2. The Balaban J connectivity index is 1.37. The molecule has 0 bridgehead atoms. The summed E-state index contributed by atoms with van der Waals surface area (Å²) in [5.74, 6) is 0.739. The molecule has 1 saturated heterocycles. The minimum absolute atomic E-state index is 0.0286. The topological polar surface area (TPSA) is 61.4 Å². The maximum Gasteiger partial charge on any atom is 0.246 e. The molecule has 2 heterocycles. The monoisotopic (exact) mass is 381 g/mol. The normalized spacial score (nSPS) is 23.3. The Kier molecular flexibility index (Phi) is 6.10. The maximum atomic E-state index is 12.7. The smallest absolute Gasteiger partial charge is 0.246 e. The van der Waals surface area contributed by atoms with Crippen LogP contribution < -0.4 is 10.6 Å². The molecular weight excluding hydrogens is 350 g/mol. The van der Waals surface area contributed by atoms with Crippen LogP contribution in [0.15, 0.2) is 36.4 Å². The molecule has 28 heavy (non-hydrogen) atoms. The second kappa shape index (κ2) is 8.91. The Morgan fingerprint density at radius 1 is 1.11 bits per heavy atom.